The zero-order valence-electron chi connectivity index (χ0n) is 11.7. The molecule has 4 nitrogen and oxygen atoms in total. The van der Waals surface area contributed by atoms with Crippen LogP contribution in [0.4, 0.5) is 5.82 Å². The lowest BCUT2D eigenvalue weighted by molar-refractivity contribution is 0.0421. The highest BCUT2D eigenvalue weighted by Gasteiger charge is 2.21. The third-order valence-corrected chi connectivity index (χ3v) is 3.87. The number of pyridine rings is 1. The Hall–Kier alpha value is -1.65. The first kappa shape index (κ1) is 13.3. The van der Waals surface area contributed by atoms with E-state index >= 15 is 0 Å². The molecule has 106 valence electrons. The zero-order valence-corrected chi connectivity index (χ0v) is 11.7. The number of benzene rings is 1. The first-order valence-corrected chi connectivity index (χ1v) is 7.29. The van der Waals surface area contributed by atoms with Crippen molar-refractivity contribution < 1.29 is 4.74 Å². The number of nitrogens with two attached hydrogens (primary N) is 1. The molecule has 0 unspecified atom stereocenters. The highest BCUT2D eigenvalue weighted by molar-refractivity contribution is 5.92. The Labute approximate surface area is 119 Å². The number of hydrogen-bond acceptors (Lipinski definition) is 4. The summed E-state index contributed by atoms with van der Waals surface area (Å²) in [5, 5.41) is 2.48. The van der Waals surface area contributed by atoms with E-state index in [1.807, 2.05) is 6.20 Å². The van der Waals surface area contributed by atoms with Crippen LogP contribution in [0.3, 0.4) is 0 Å². The monoisotopic (exact) mass is 271 g/mol. The molecule has 0 amide bonds. The fourth-order valence-electron chi connectivity index (χ4n) is 2.82. The van der Waals surface area contributed by atoms with Gasteiger partial charge in [-0.15, -0.1) is 0 Å². The first-order chi connectivity index (χ1) is 9.88. The quantitative estimate of drug-likeness (QED) is 0.926. The molecule has 2 aromatic rings. The Morgan fingerprint density at radius 1 is 1.20 bits per heavy atom. The van der Waals surface area contributed by atoms with Crippen LogP contribution in [-0.2, 0) is 4.74 Å². The fraction of sp³-hybridized carbons (Fsp3) is 0.438. The second-order valence-electron chi connectivity index (χ2n) is 5.20. The van der Waals surface area contributed by atoms with E-state index < -0.39 is 0 Å². The van der Waals surface area contributed by atoms with Crippen molar-refractivity contribution in [1.82, 2.24) is 4.98 Å². The van der Waals surface area contributed by atoms with Crippen molar-refractivity contribution in [2.45, 2.75) is 18.9 Å². The summed E-state index contributed by atoms with van der Waals surface area (Å²) < 4.78 is 5.73. The average molecular weight is 271 g/mol. The van der Waals surface area contributed by atoms with Gasteiger partial charge in [0.25, 0.3) is 0 Å². The summed E-state index contributed by atoms with van der Waals surface area (Å²) in [7, 11) is 0. The van der Waals surface area contributed by atoms with E-state index in [9.17, 15) is 0 Å². The number of ether oxygens (including phenoxy) is 1. The Bertz CT molecular complexity index is 559. The Kier molecular flexibility index (Phi) is 4.14. The first-order valence-electron chi connectivity index (χ1n) is 7.29. The number of fused-ring (bicyclic) bond motifs is 1. The van der Waals surface area contributed by atoms with Crippen LogP contribution in [0.5, 0.6) is 0 Å². The van der Waals surface area contributed by atoms with Gasteiger partial charge in [-0.25, -0.2) is 4.98 Å². The molecule has 0 bridgehead atoms. The standard InChI is InChI=1S/C16H21N3O/c17-8-12-20-14-6-10-19(11-7-14)16-15-4-2-1-3-13(15)5-9-18-16/h1-5,9,14H,6-8,10-12,17H2. The van der Waals surface area contributed by atoms with E-state index in [-0.39, 0.29) is 0 Å². The van der Waals surface area contributed by atoms with E-state index in [0.29, 0.717) is 19.3 Å². The maximum absolute atomic E-state index is 5.73. The summed E-state index contributed by atoms with van der Waals surface area (Å²) in [6.07, 6.45) is 4.34. The molecule has 0 spiro atoms. The molecule has 0 atom stereocenters. The summed E-state index contributed by atoms with van der Waals surface area (Å²) in [4.78, 5) is 6.95. The highest BCUT2D eigenvalue weighted by Crippen LogP contribution is 2.27. The van der Waals surface area contributed by atoms with Gasteiger partial charge in [0, 0.05) is 31.2 Å². The molecule has 0 saturated carbocycles. The van der Waals surface area contributed by atoms with Gasteiger partial charge in [-0.3, -0.25) is 0 Å². The number of anilines is 1. The zero-order chi connectivity index (χ0) is 13.8. The van der Waals surface area contributed by atoms with Crippen LogP contribution >= 0.6 is 0 Å². The van der Waals surface area contributed by atoms with Gasteiger partial charge in [0.05, 0.1) is 12.7 Å². The fourth-order valence-corrected chi connectivity index (χ4v) is 2.82. The second-order valence-corrected chi connectivity index (χ2v) is 5.20. The lowest BCUT2D eigenvalue weighted by Gasteiger charge is -2.33. The van der Waals surface area contributed by atoms with Gasteiger partial charge >= 0.3 is 0 Å². The number of aromatic nitrogens is 1. The third-order valence-electron chi connectivity index (χ3n) is 3.87. The minimum absolute atomic E-state index is 0.352. The molecule has 2 N–H and O–H groups in total. The Morgan fingerprint density at radius 3 is 2.80 bits per heavy atom. The average Bonchev–Trinajstić information content (AvgIpc) is 2.53. The van der Waals surface area contributed by atoms with Crippen molar-refractivity contribution in [3.05, 3.63) is 36.5 Å². The molecule has 20 heavy (non-hydrogen) atoms. The number of hydrogen-bond donors (Lipinski definition) is 1. The minimum atomic E-state index is 0.352. The van der Waals surface area contributed by atoms with Gasteiger partial charge < -0.3 is 15.4 Å². The van der Waals surface area contributed by atoms with Gasteiger partial charge in [-0.05, 0) is 24.3 Å². The minimum Gasteiger partial charge on any atom is -0.377 e. The molecular formula is C16H21N3O. The van der Waals surface area contributed by atoms with Gasteiger partial charge in [0.15, 0.2) is 0 Å². The molecule has 1 fully saturated rings. The van der Waals surface area contributed by atoms with E-state index in [0.717, 1.165) is 31.7 Å². The number of piperidine rings is 1. The van der Waals surface area contributed by atoms with E-state index in [4.69, 9.17) is 10.5 Å². The van der Waals surface area contributed by atoms with E-state index in [1.165, 1.54) is 10.8 Å². The van der Waals surface area contributed by atoms with Crippen LogP contribution in [0, 0.1) is 0 Å². The van der Waals surface area contributed by atoms with Gasteiger partial charge in [0.1, 0.15) is 5.82 Å². The smallest absolute Gasteiger partial charge is 0.136 e. The second kappa shape index (κ2) is 6.20. The number of rotatable bonds is 4. The lowest BCUT2D eigenvalue weighted by Crippen LogP contribution is -2.38. The van der Waals surface area contributed by atoms with Crippen molar-refractivity contribution in [3.63, 3.8) is 0 Å². The predicted octanol–water partition coefficient (Wildman–Crippen LogP) is 2.18. The van der Waals surface area contributed by atoms with Crippen LogP contribution in [0.15, 0.2) is 36.5 Å². The Balaban J connectivity index is 1.74. The molecule has 3 rings (SSSR count). The lowest BCUT2D eigenvalue weighted by atomic mass is 10.1. The van der Waals surface area contributed by atoms with Crippen molar-refractivity contribution in [2.75, 3.05) is 31.1 Å². The van der Waals surface area contributed by atoms with Crippen LogP contribution in [0.2, 0.25) is 0 Å². The van der Waals surface area contributed by atoms with Crippen LogP contribution in [-0.4, -0.2) is 37.3 Å². The topological polar surface area (TPSA) is 51.4 Å². The van der Waals surface area contributed by atoms with Crippen molar-refractivity contribution in [2.24, 2.45) is 5.73 Å². The molecule has 1 aromatic carbocycles. The maximum atomic E-state index is 5.73. The maximum Gasteiger partial charge on any atom is 0.136 e. The molecule has 2 heterocycles. The van der Waals surface area contributed by atoms with Gasteiger partial charge in [-0.2, -0.15) is 0 Å². The molecule has 1 aliphatic heterocycles. The molecule has 0 aliphatic carbocycles. The van der Waals surface area contributed by atoms with E-state index in [1.54, 1.807) is 0 Å². The number of nitrogens with zero attached hydrogens (tertiary/aromatic N) is 2. The van der Waals surface area contributed by atoms with Gasteiger partial charge in [-0.1, -0.05) is 24.3 Å². The molecule has 0 radical (unpaired) electrons. The van der Waals surface area contributed by atoms with Crippen LogP contribution in [0.1, 0.15) is 12.8 Å². The Morgan fingerprint density at radius 2 is 2.00 bits per heavy atom. The summed E-state index contributed by atoms with van der Waals surface area (Å²) in [6, 6.07) is 10.5. The predicted molar refractivity (Wildman–Crippen MR) is 82.0 cm³/mol. The molecule has 1 aromatic heterocycles. The highest BCUT2D eigenvalue weighted by atomic mass is 16.5. The molecular weight excluding hydrogens is 250 g/mol. The van der Waals surface area contributed by atoms with E-state index in [2.05, 4.69) is 40.2 Å². The SMILES string of the molecule is NCCOC1CCN(c2nccc3ccccc23)CC1. The van der Waals surface area contributed by atoms with Crippen molar-refractivity contribution in [1.29, 1.82) is 0 Å². The van der Waals surface area contributed by atoms with Crippen LogP contribution in [0.25, 0.3) is 10.8 Å². The summed E-state index contributed by atoms with van der Waals surface area (Å²) >= 11 is 0. The summed E-state index contributed by atoms with van der Waals surface area (Å²) in [6.45, 7) is 3.26. The van der Waals surface area contributed by atoms with Gasteiger partial charge in [0.2, 0.25) is 0 Å². The normalized spacial score (nSPS) is 16.8. The van der Waals surface area contributed by atoms with Crippen LogP contribution < -0.4 is 10.6 Å². The van der Waals surface area contributed by atoms with Crippen molar-refractivity contribution in [3.8, 4) is 0 Å². The van der Waals surface area contributed by atoms with Crippen molar-refractivity contribution >= 4 is 16.6 Å². The summed E-state index contributed by atoms with van der Waals surface area (Å²) in [5.41, 5.74) is 5.48. The molecule has 1 saturated heterocycles. The summed E-state index contributed by atoms with van der Waals surface area (Å²) in [5.74, 6) is 1.10. The third kappa shape index (κ3) is 2.76. The largest absolute Gasteiger partial charge is 0.377 e. The molecule has 1 aliphatic rings. The molecule has 4 heteroatoms.